The number of carbonyl (C=O) groups excluding carboxylic acids is 1. The van der Waals surface area contributed by atoms with E-state index in [0.717, 1.165) is 17.3 Å². The fourth-order valence-corrected chi connectivity index (χ4v) is 3.08. The Morgan fingerprint density at radius 2 is 1.90 bits per heavy atom. The zero-order chi connectivity index (χ0) is 20.8. The van der Waals surface area contributed by atoms with Crippen LogP contribution in [-0.4, -0.2) is 26.6 Å². The summed E-state index contributed by atoms with van der Waals surface area (Å²) in [4.78, 5) is 24.4. The van der Waals surface area contributed by atoms with Crippen LogP contribution in [0.15, 0.2) is 42.5 Å². The van der Waals surface area contributed by atoms with E-state index in [-0.39, 0.29) is 17.4 Å². The third-order valence-electron chi connectivity index (χ3n) is 3.76. The van der Waals surface area contributed by atoms with Gasteiger partial charge in [0.25, 0.3) is 0 Å². The van der Waals surface area contributed by atoms with Gasteiger partial charge in [-0.3, -0.25) is 4.79 Å². The summed E-state index contributed by atoms with van der Waals surface area (Å²) in [7, 11) is 0. The fraction of sp³-hybridized carbons (Fsp3) is 0.158. The van der Waals surface area contributed by atoms with Crippen LogP contribution in [0.3, 0.4) is 0 Å². The van der Waals surface area contributed by atoms with E-state index in [9.17, 15) is 13.6 Å². The lowest BCUT2D eigenvalue weighted by Gasteiger charge is -2.09. The number of benzene rings is 2. The Morgan fingerprint density at radius 3 is 2.66 bits per heavy atom. The van der Waals surface area contributed by atoms with Gasteiger partial charge in [0.2, 0.25) is 17.8 Å². The minimum atomic E-state index is -0.833. The van der Waals surface area contributed by atoms with Crippen LogP contribution in [0.1, 0.15) is 11.4 Å². The summed E-state index contributed by atoms with van der Waals surface area (Å²) in [6.45, 7) is 1.95. The number of nitrogen functional groups attached to an aromatic ring is 1. The van der Waals surface area contributed by atoms with Gasteiger partial charge in [-0.15, -0.1) is 11.8 Å². The number of aryl methyl sites for hydroxylation is 1. The standard InChI is InChI=1S/C19H18F2N6OS/c1-11-4-2-3-5-14(11)24-19-26-16(25-18(22)27-19)9-29-10-17(28)23-15-7-6-12(20)8-13(15)21/h2-8H,9-10H2,1H3,(H,23,28)(H3,22,24,25,26,27). The molecular weight excluding hydrogens is 398 g/mol. The highest BCUT2D eigenvalue weighted by molar-refractivity contribution is 7.99. The number of carbonyl (C=O) groups is 1. The summed E-state index contributed by atoms with van der Waals surface area (Å²) in [6, 6.07) is 10.6. The highest BCUT2D eigenvalue weighted by Crippen LogP contribution is 2.19. The largest absolute Gasteiger partial charge is 0.368 e. The minimum absolute atomic E-state index is 0.0307. The summed E-state index contributed by atoms with van der Waals surface area (Å²) in [5.74, 6) is -0.875. The van der Waals surface area contributed by atoms with Gasteiger partial charge in [-0.2, -0.15) is 15.0 Å². The molecular formula is C19H18F2N6OS. The van der Waals surface area contributed by atoms with Gasteiger partial charge in [-0.25, -0.2) is 8.78 Å². The van der Waals surface area contributed by atoms with Gasteiger partial charge in [0.1, 0.15) is 17.5 Å². The first kappa shape index (κ1) is 20.5. The monoisotopic (exact) mass is 416 g/mol. The van der Waals surface area contributed by atoms with Crippen molar-refractivity contribution in [2.75, 3.05) is 22.1 Å². The average Bonchev–Trinajstić information content (AvgIpc) is 2.65. The van der Waals surface area contributed by atoms with Crippen molar-refractivity contribution in [3.05, 3.63) is 65.5 Å². The average molecular weight is 416 g/mol. The number of amides is 1. The number of thioether (sulfide) groups is 1. The van der Waals surface area contributed by atoms with E-state index >= 15 is 0 Å². The molecule has 0 bridgehead atoms. The molecule has 0 saturated heterocycles. The molecule has 3 aromatic rings. The lowest BCUT2D eigenvalue weighted by molar-refractivity contribution is -0.113. The highest BCUT2D eigenvalue weighted by atomic mass is 32.2. The SMILES string of the molecule is Cc1ccccc1Nc1nc(N)nc(CSCC(=O)Nc2ccc(F)cc2F)n1. The number of rotatable bonds is 7. The van der Waals surface area contributed by atoms with E-state index in [1.54, 1.807) is 0 Å². The number of hydrogen-bond donors (Lipinski definition) is 3. The van der Waals surface area contributed by atoms with E-state index in [1.807, 2.05) is 31.2 Å². The predicted molar refractivity (Wildman–Crippen MR) is 110 cm³/mol. The zero-order valence-electron chi connectivity index (χ0n) is 15.4. The van der Waals surface area contributed by atoms with Crippen LogP contribution in [0.4, 0.5) is 32.1 Å². The van der Waals surface area contributed by atoms with E-state index in [1.165, 1.54) is 17.8 Å². The molecule has 7 nitrogen and oxygen atoms in total. The van der Waals surface area contributed by atoms with Gasteiger partial charge in [0.05, 0.1) is 17.2 Å². The second-order valence-corrected chi connectivity index (χ2v) is 7.02. The Bertz CT molecular complexity index is 1030. The van der Waals surface area contributed by atoms with Crippen LogP contribution in [0.25, 0.3) is 0 Å². The maximum Gasteiger partial charge on any atom is 0.234 e. The number of halogens is 2. The number of nitrogens with zero attached hydrogens (tertiary/aromatic N) is 3. The van der Waals surface area contributed by atoms with Crippen molar-refractivity contribution < 1.29 is 13.6 Å². The minimum Gasteiger partial charge on any atom is -0.368 e. The Kier molecular flexibility index (Phi) is 6.55. The molecule has 0 unspecified atom stereocenters. The van der Waals surface area contributed by atoms with Crippen LogP contribution in [0.2, 0.25) is 0 Å². The van der Waals surface area contributed by atoms with Crippen LogP contribution in [0, 0.1) is 18.6 Å². The second-order valence-electron chi connectivity index (χ2n) is 6.04. The molecule has 0 fully saturated rings. The molecule has 0 radical (unpaired) electrons. The van der Waals surface area contributed by atoms with E-state index in [4.69, 9.17) is 5.73 Å². The molecule has 0 aliphatic carbocycles. The van der Waals surface area contributed by atoms with Gasteiger partial charge in [-0.1, -0.05) is 18.2 Å². The number of aromatic nitrogens is 3. The lowest BCUT2D eigenvalue weighted by atomic mass is 10.2. The van der Waals surface area contributed by atoms with Gasteiger partial charge >= 0.3 is 0 Å². The number of para-hydroxylation sites is 1. The molecule has 0 atom stereocenters. The normalized spacial score (nSPS) is 10.6. The van der Waals surface area contributed by atoms with Gasteiger partial charge < -0.3 is 16.4 Å². The van der Waals surface area contributed by atoms with Crippen molar-refractivity contribution in [1.29, 1.82) is 0 Å². The summed E-state index contributed by atoms with van der Waals surface area (Å²) in [5.41, 5.74) is 7.54. The molecule has 2 aromatic carbocycles. The Labute approximate surface area is 170 Å². The molecule has 0 aliphatic rings. The van der Waals surface area contributed by atoms with Gasteiger partial charge in [0.15, 0.2) is 0 Å². The van der Waals surface area contributed by atoms with Gasteiger partial charge in [0, 0.05) is 11.8 Å². The zero-order valence-corrected chi connectivity index (χ0v) is 16.3. The maximum atomic E-state index is 13.6. The number of anilines is 4. The Morgan fingerprint density at radius 1 is 1.10 bits per heavy atom. The maximum absolute atomic E-state index is 13.6. The van der Waals surface area contributed by atoms with Crippen LogP contribution in [-0.2, 0) is 10.5 Å². The molecule has 0 spiro atoms. The third-order valence-corrected chi connectivity index (χ3v) is 4.69. The molecule has 3 rings (SSSR count). The van der Waals surface area contributed by atoms with Crippen molar-refractivity contribution in [3.63, 3.8) is 0 Å². The topological polar surface area (TPSA) is 106 Å². The molecule has 4 N–H and O–H groups in total. The Balaban J connectivity index is 1.57. The van der Waals surface area contributed by atoms with Crippen molar-refractivity contribution in [2.24, 2.45) is 0 Å². The van der Waals surface area contributed by atoms with Crippen LogP contribution in [0.5, 0.6) is 0 Å². The molecule has 0 aliphatic heterocycles. The predicted octanol–water partition coefficient (Wildman–Crippen LogP) is 3.66. The van der Waals surface area contributed by atoms with Crippen molar-refractivity contribution in [1.82, 2.24) is 15.0 Å². The van der Waals surface area contributed by atoms with Crippen molar-refractivity contribution in [2.45, 2.75) is 12.7 Å². The van der Waals surface area contributed by atoms with E-state index in [0.29, 0.717) is 23.6 Å². The molecule has 29 heavy (non-hydrogen) atoms. The molecule has 1 amide bonds. The van der Waals surface area contributed by atoms with E-state index < -0.39 is 17.5 Å². The van der Waals surface area contributed by atoms with Crippen molar-refractivity contribution >= 4 is 40.9 Å². The van der Waals surface area contributed by atoms with Gasteiger partial charge in [-0.05, 0) is 30.7 Å². The second kappa shape index (κ2) is 9.28. The van der Waals surface area contributed by atoms with Crippen molar-refractivity contribution in [3.8, 4) is 0 Å². The summed E-state index contributed by atoms with van der Waals surface area (Å²) < 4.78 is 26.5. The summed E-state index contributed by atoms with van der Waals surface area (Å²) >= 11 is 1.22. The van der Waals surface area contributed by atoms with Crippen LogP contribution >= 0.6 is 11.8 Å². The first-order chi connectivity index (χ1) is 13.9. The summed E-state index contributed by atoms with van der Waals surface area (Å²) in [5, 5.41) is 5.49. The molecule has 1 aromatic heterocycles. The highest BCUT2D eigenvalue weighted by Gasteiger charge is 2.10. The molecule has 0 saturated carbocycles. The quantitative estimate of drug-likeness (QED) is 0.540. The number of nitrogens with one attached hydrogen (secondary N) is 2. The third kappa shape index (κ3) is 5.85. The number of hydrogen-bond acceptors (Lipinski definition) is 7. The smallest absolute Gasteiger partial charge is 0.234 e. The fourth-order valence-electron chi connectivity index (χ4n) is 2.40. The Hall–Kier alpha value is -3.27. The van der Waals surface area contributed by atoms with E-state index in [2.05, 4.69) is 25.6 Å². The molecule has 150 valence electrons. The number of nitrogens with two attached hydrogens (primary N) is 1. The first-order valence-corrected chi connectivity index (χ1v) is 9.72. The lowest BCUT2D eigenvalue weighted by Crippen LogP contribution is -2.15. The molecule has 10 heteroatoms. The molecule has 1 heterocycles. The summed E-state index contributed by atoms with van der Waals surface area (Å²) in [6.07, 6.45) is 0. The first-order valence-electron chi connectivity index (χ1n) is 8.56. The van der Waals surface area contributed by atoms with Crippen LogP contribution < -0.4 is 16.4 Å².